The normalized spacial score (nSPS) is 11.4. The van der Waals surface area contributed by atoms with Crippen LogP contribution in [0.1, 0.15) is 25.5 Å². The highest BCUT2D eigenvalue weighted by molar-refractivity contribution is 5.83. The van der Waals surface area contributed by atoms with Crippen molar-refractivity contribution in [2.75, 3.05) is 5.73 Å². The number of anilines is 1. The van der Waals surface area contributed by atoms with E-state index < -0.39 is 0 Å². The molecule has 5 nitrogen and oxygen atoms in total. The van der Waals surface area contributed by atoms with Gasteiger partial charge in [0.15, 0.2) is 0 Å². The number of aryl methyl sites for hydroxylation is 3. The Morgan fingerprint density at radius 2 is 1.95 bits per heavy atom. The molecule has 0 aliphatic rings. The second kappa shape index (κ2) is 5.24. The second-order valence-electron chi connectivity index (χ2n) is 5.42. The number of unbranched alkanes of at least 4 members (excludes halogenated alkanes) is 1. The Morgan fingerprint density at radius 1 is 1.19 bits per heavy atom. The zero-order valence-electron chi connectivity index (χ0n) is 12.8. The Morgan fingerprint density at radius 3 is 2.67 bits per heavy atom. The fourth-order valence-corrected chi connectivity index (χ4v) is 2.73. The number of nitrogen functional groups attached to an aromatic ring is 1. The number of hydrogen-bond acceptors (Lipinski definition) is 3. The zero-order valence-corrected chi connectivity index (χ0v) is 12.8. The molecule has 0 atom stereocenters. The Balaban J connectivity index is 2.20. The predicted octanol–water partition coefficient (Wildman–Crippen LogP) is 2.90. The molecule has 3 rings (SSSR count). The van der Waals surface area contributed by atoms with Gasteiger partial charge >= 0.3 is 0 Å². The van der Waals surface area contributed by atoms with E-state index in [1.54, 1.807) is 4.68 Å². The van der Waals surface area contributed by atoms with Crippen LogP contribution in [0.25, 0.3) is 22.4 Å². The standard InChI is InChI=1S/C16H21N5/c1-4-5-8-12-14(15(17)21(3)19-12)16-18-11-9-6-7-10-13(11)20(16)2/h6-7,9-10H,4-5,8,17H2,1-3H3. The van der Waals surface area contributed by atoms with Crippen LogP contribution >= 0.6 is 0 Å². The van der Waals surface area contributed by atoms with E-state index in [1.807, 2.05) is 32.3 Å². The molecule has 3 aromatic rings. The molecule has 0 aliphatic carbocycles. The van der Waals surface area contributed by atoms with Crippen LogP contribution in [0.5, 0.6) is 0 Å². The first-order valence-electron chi connectivity index (χ1n) is 7.36. The van der Waals surface area contributed by atoms with Crippen LogP contribution in [0.15, 0.2) is 24.3 Å². The van der Waals surface area contributed by atoms with Gasteiger partial charge in [-0.1, -0.05) is 25.5 Å². The topological polar surface area (TPSA) is 61.7 Å². The summed E-state index contributed by atoms with van der Waals surface area (Å²) in [5.74, 6) is 1.58. The molecule has 0 amide bonds. The summed E-state index contributed by atoms with van der Waals surface area (Å²) < 4.78 is 3.85. The van der Waals surface area contributed by atoms with Gasteiger partial charge in [-0.25, -0.2) is 4.98 Å². The minimum Gasteiger partial charge on any atom is -0.383 e. The quantitative estimate of drug-likeness (QED) is 0.801. The Bertz CT molecular complexity index is 781. The third-order valence-electron chi connectivity index (χ3n) is 3.94. The molecule has 21 heavy (non-hydrogen) atoms. The van der Waals surface area contributed by atoms with Crippen molar-refractivity contribution < 1.29 is 0 Å². The van der Waals surface area contributed by atoms with E-state index in [0.29, 0.717) is 5.82 Å². The molecule has 0 saturated carbocycles. The van der Waals surface area contributed by atoms with Crippen LogP contribution in [0, 0.1) is 0 Å². The summed E-state index contributed by atoms with van der Waals surface area (Å²) in [7, 11) is 3.91. The molecule has 0 spiro atoms. The Hall–Kier alpha value is -2.30. The van der Waals surface area contributed by atoms with Crippen LogP contribution in [0.4, 0.5) is 5.82 Å². The lowest BCUT2D eigenvalue weighted by molar-refractivity contribution is 0.718. The van der Waals surface area contributed by atoms with Gasteiger partial charge in [0.1, 0.15) is 11.6 Å². The van der Waals surface area contributed by atoms with Crippen molar-refractivity contribution in [2.24, 2.45) is 14.1 Å². The molecule has 110 valence electrons. The average molecular weight is 283 g/mol. The lowest BCUT2D eigenvalue weighted by Crippen LogP contribution is -2.00. The summed E-state index contributed by atoms with van der Waals surface area (Å²) >= 11 is 0. The van der Waals surface area contributed by atoms with Gasteiger partial charge < -0.3 is 10.3 Å². The van der Waals surface area contributed by atoms with Crippen molar-refractivity contribution in [1.82, 2.24) is 19.3 Å². The highest BCUT2D eigenvalue weighted by Crippen LogP contribution is 2.31. The third kappa shape index (κ3) is 2.18. The highest BCUT2D eigenvalue weighted by Gasteiger charge is 2.20. The second-order valence-corrected chi connectivity index (χ2v) is 5.42. The van der Waals surface area contributed by atoms with Gasteiger partial charge in [0.05, 0.1) is 22.3 Å². The zero-order chi connectivity index (χ0) is 15.0. The molecule has 0 aliphatic heterocycles. The largest absolute Gasteiger partial charge is 0.383 e. The molecule has 0 saturated heterocycles. The average Bonchev–Trinajstić information content (AvgIpc) is 2.95. The van der Waals surface area contributed by atoms with Gasteiger partial charge in [-0.2, -0.15) is 5.10 Å². The maximum atomic E-state index is 6.25. The van der Waals surface area contributed by atoms with E-state index in [9.17, 15) is 0 Å². The molecule has 5 heteroatoms. The van der Waals surface area contributed by atoms with Gasteiger partial charge in [-0.15, -0.1) is 0 Å². The van der Waals surface area contributed by atoms with E-state index in [1.165, 1.54) is 0 Å². The van der Waals surface area contributed by atoms with Crippen LogP contribution < -0.4 is 5.73 Å². The van der Waals surface area contributed by atoms with Crippen molar-refractivity contribution in [2.45, 2.75) is 26.2 Å². The summed E-state index contributed by atoms with van der Waals surface area (Å²) in [5.41, 5.74) is 10.4. The van der Waals surface area contributed by atoms with E-state index in [4.69, 9.17) is 10.7 Å². The van der Waals surface area contributed by atoms with Crippen LogP contribution in [-0.4, -0.2) is 19.3 Å². The minimum absolute atomic E-state index is 0.680. The first-order valence-corrected chi connectivity index (χ1v) is 7.36. The van der Waals surface area contributed by atoms with Gasteiger partial charge in [0.25, 0.3) is 0 Å². The lowest BCUT2D eigenvalue weighted by atomic mass is 10.1. The number of nitrogens with two attached hydrogens (primary N) is 1. The van der Waals surface area contributed by atoms with E-state index >= 15 is 0 Å². The summed E-state index contributed by atoms with van der Waals surface area (Å²) in [4.78, 5) is 4.76. The smallest absolute Gasteiger partial charge is 0.146 e. The highest BCUT2D eigenvalue weighted by atomic mass is 15.3. The fourth-order valence-electron chi connectivity index (χ4n) is 2.73. The number of rotatable bonds is 4. The molecule has 2 N–H and O–H groups in total. The maximum absolute atomic E-state index is 6.25. The van der Waals surface area contributed by atoms with Crippen LogP contribution in [-0.2, 0) is 20.5 Å². The minimum atomic E-state index is 0.680. The van der Waals surface area contributed by atoms with Gasteiger partial charge in [0, 0.05) is 14.1 Å². The molecule has 2 heterocycles. The number of fused-ring (bicyclic) bond motifs is 1. The van der Waals surface area contributed by atoms with Crippen molar-refractivity contribution >= 4 is 16.9 Å². The number of imidazole rings is 1. The molecule has 0 radical (unpaired) electrons. The van der Waals surface area contributed by atoms with Crippen LogP contribution in [0.3, 0.4) is 0 Å². The van der Waals surface area contributed by atoms with Crippen molar-refractivity contribution in [1.29, 1.82) is 0 Å². The van der Waals surface area contributed by atoms with Crippen molar-refractivity contribution in [3.63, 3.8) is 0 Å². The van der Waals surface area contributed by atoms with Crippen molar-refractivity contribution in [3.05, 3.63) is 30.0 Å². The molecular weight excluding hydrogens is 262 g/mol. The lowest BCUT2D eigenvalue weighted by Gasteiger charge is -2.04. The number of hydrogen-bond donors (Lipinski definition) is 1. The first-order chi connectivity index (χ1) is 10.1. The summed E-state index contributed by atoms with van der Waals surface area (Å²) in [6.07, 6.45) is 3.17. The van der Waals surface area contributed by atoms with E-state index in [0.717, 1.165) is 47.4 Å². The summed E-state index contributed by atoms with van der Waals surface area (Å²) in [6.45, 7) is 2.18. The third-order valence-corrected chi connectivity index (χ3v) is 3.94. The number of nitrogens with zero attached hydrogens (tertiary/aromatic N) is 4. The summed E-state index contributed by atoms with van der Waals surface area (Å²) in [5, 5.41) is 4.57. The monoisotopic (exact) mass is 283 g/mol. The van der Waals surface area contributed by atoms with Gasteiger partial charge in [-0.3, -0.25) is 4.68 Å². The molecule has 0 bridgehead atoms. The molecule has 1 aromatic carbocycles. The molecule has 2 aromatic heterocycles. The van der Waals surface area contributed by atoms with Crippen molar-refractivity contribution in [3.8, 4) is 11.4 Å². The molecule has 0 unspecified atom stereocenters. The van der Waals surface area contributed by atoms with Gasteiger partial charge in [-0.05, 0) is 25.0 Å². The van der Waals surface area contributed by atoms with Gasteiger partial charge in [0.2, 0.25) is 0 Å². The Labute approximate surface area is 124 Å². The van der Waals surface area contributed by atoms with E-state index in [2.05, 4.69) is 22.7 Å². The Kier molecular flexibility index (Phi) is 3.41. The fraction of sp³-hybridized carbons (Fsp3) is 0.375. The number of benzene rings is 1. The van der Waals surface area contributed by atoms with E-state index in [-0.39, 0.29) is 0 Å². The number of para-hydroxylation sites is 2. The molecule has 0 fully saturated rings. The SMILES string of the molecule is CCCCc1nn(C)c(N)c1-c1nc2ccccc2n1C. The predicted molar refractivity (Wildman–Crippen MR) is 85.9 cm³/mol. The first kappa shape index (κ1) is 13.7. The number of aromatic nitrogens is 4. The van der Waals surface area contributed by atoms with Crippen LogP contribution in [0.2, 0.25) is 0 Å². The maximum Gasteiger partial charge on any atom is 0.146 e. The summed E-state index contributed by atoms with van der Waals surface area (Å²) in [6, 6.07) is 8.13. The molecular formula is C16H21N5.